The van der Waals surface area contributed by atoms with Gasteiger partial charge in [-0.05, 0) is 32.3 Å². The fraction of sp³-hybridized carbons (Fsp3) is 0.800. The Hall–Kier alpha value is 1.57. The van der Waals surface area contributed by atoms with Crippen molar-refractivity contribution in [3.8, 4) is 0 Å². The summed E-state index contributed by atoms with van der Waals surface area (Å²) in [6, 6.07) is 0. The monoisotopic (exact) mass is 398 g/mol. The molecule has 0 saturated carbocycles. The van der Waals surface area contributed by atoms with Crippen LogP contribution in [0.2, 0.25) is 0 Å². The third-order valence-electron chi connectivity index (χ3n) is 2.11. The van der Waals surface area contributed by atoms with Gasteiger partial charge in [-0.2, -0.15) is 0 Å². The van der Waals surface area contributed by atoms with E-state index in [0.29, 0.717) is 5.33 Å². The molecule has 15 heavy (non-hydrogen) atoms. The van der Waals surface area contributed by atoms with Crippen LogP contribution in [0.3, 0.4) is 0 Å². The molecule has 0 aliphatic carbocycles. The van der Waals surface area contributed by atoms with Gasteiger partial charge < -0.3 is 0 Å². The highest BCUT2D eigenvalue weighted by atomic mass is 79.9. The van der Waals surface area contributed by atoms with Crippen molar-refractivity contribution in [1.29, 1.82) is 0 Å². The molecule has 0 aromatic carbocycles. The van der Waals surface area contributed by atoms with E-state index in [1.54, 1.807) is 0 Å². The van der Waals surface area contributed by atoms with Crippen molar-refractivity contribution in [2.24, 2.45) is 0 Å². The van der Waals surface area contributed by atoms with Crippen LogP contribution < -0.4 is 0 Å². The Kier molecular flexibility index (Phi) is 8.63. The molecule has 1 unspecified atom stereocenters. The van der Waals surface area contributed by atoms with E-state index in [1.807, 2.05) is 13.8 Å². The van der Waals surface area contributed by atoms with Crippen molar-refractivity contribution in [3.05, 3.63) is 10.6 Å². The summed E-state index contributed by atoms with van der Waals surface area (Å²) in [6.45, 7) is 3.85. The van der Waals surface area contributed by atoms with E-state index in [9.17, 15) is 0 Å². The minimum Gasteiger partial charge on any atom is -0.121 e. The molecule has 0 amide bonds. The molecule has 0 aliphatic heterocycles. The second-order valence-corrected chi connectivity index (χ2v) is 6.93. The second-order valence-electron chi connectivity index (χ2n) is 3.85. The van der Waals surface area contributed by atoms with Gasteiger partial charge in [0, 0.05) is 15.7 Å². The van der Waals surface area contributed by atoms with Gasteiger partial charge in [-0.15, -0.1) is 23.2 Å². The van der Waals surface area contributed by atoms with E-state index in [2.05, 4.69) is 31.9 Å². The average molecular weight is 401 g/mol. The minimum absolute atomic E-state index is 0.0481. The van der Waals surface area contributed by atoms with Crippen LogP contribution in [0.1, 0.15) is 26.7 Å². The lowest BCUT2D eigenvalue weighted by atomic mass is 10.0. The molecule has 0 saturated heterocycles. The first-order chi connectivity index (χ1) is 6.82. The number of rotatable bonds is 6. The lowest BCUT2D eigenvalue weighted by Crippen LogP contribution is -2.25. The summed E-state index contributed by atoms with van der Waals surface area (Å²) in [4.78, 5) is -0.375. The normalized spacial score (nSPS) is 16.2. The molecule has 0 radical (unpaired) electrons. The third-order valence-corrected chi connectivity index (χ3v) is 5.21. The van der Waals surface area contributed by atoms with Crippen LogP contribution in [0, 0.1) is 0 Å². The zero-order chi connectivity index (χ0) is 12.1. The summed E-state index contributed by atoms with van der Waals surface area (Å²) in [5, 5.41) is 2.27. The second kappa shape index (κ2) is 7.81. The number of hydrogen-bond donors (Lipinski definition) is 0. The van der Waals surface area contributed by atoms with Crippen LogP contribution in [-0.2, 0) is 0 Å². The van der Waals surface area contributed by atoms with E-state index in [0.717, 1.165) is 23.2 Å². The highest BCUT2D eigenvalue weighted by Gasteiger charge is 2.24. The van der Waals surface area contributed by atoms with Crippen molar-refractivity contribution < 1.29 is 0 Å². The van der Waals surface area contributed by atoms with Gasteiger partial charge in [-0.1, -0.05) is 43.5 Å². The molecule has 0 nitrogen and oxygen atoms in total. The molecule has 0 fully saturated rings. The maximum Gasteiger partial charge on any atom is 0.0553 e. The molecule has 0 N–H and O–H groups in total. The van der Waals surface area contributed by atoms with Crippen molar-refractivity contribution >= 4 is 66.7 Å². The largest absolute Gasteiger partial charge is 0.121 e. The SMILES string of the molecule is CC(C)(Cl)C(Cl)CC/C(CBr)=C(\Cl)CBr. The van der Waals surface area contributed by atoms with E-state index in [-0.39, 0.29) is 10.3 Å². The molecule has 0 aromatic rings. The fourth-order valence-corrected chi connectivity index (χ4v) is 2.57. The van der Waals surface area contributed by atoms with E-state index in [1.165, 1.54) is 5.57 Å². The lowest BCUT2D eigenvalue weighted by Gasteiger charge is -2.23. The van der Waals surface area contributed by atoms with Crippen molar-refractivity contribution in [2.75, 3.05) is 10.7 Å². The Morgan fingerprint density at radius 2 is 1.80 bits per heavy atom. The van der Waals surface area contributed by atoms with Crippen LogP contribution in [0.5, 0.6) is 0 Å². The zero-order valence-corrected chi connectivity index (χ0v) is 14.2. The number of allylic oxidation sites excluding steroid dienone is 2. The fourth-order valence-electron chi connectivity index (χ4n) is 1.01. The van der Waals surface area contributed by atoms with Gasteiger partial charge >= 0.3 is 0 Å². The molecule has 0 aliphatic rings. The van der Waals surface area contributed by atoms with Crippen molar-refractivity contribution in [2.45, 2.75) is 36.9 Å². The molecule has 90 valence electrons. The van der Waals surface area contributed by atoms with Crippen LogP contribution >= 0.6 is 66.7 Å². The highest BCUT2D eigenvalue weighted by molar-refractivity contribution is 9.09. The summed E-state index contributed by atoms with van der Waals surface area (Å²) < 4.78 is 0. The molecular weight excluding hydrogens is 386 g/mol. The number of alkyl halides is 4. The maximum absolute atomic E-state index is 6.18. The average Bonchev–Trinajstić information content (AvgIpc) is 2.16. The van der Waals surface area contributed by atoms with Gasteiger partial charge in [0.05, 0.1) is 10.3 Å². The van der Waals surface area contributed by atoms with Crippen LogP contribution in [0.25, 0.3) is 0 Å². The maximum atomic E-state index is 6.18. The molecule has 0 heterocycles. The summed E-state index contributed by atoms with van der Waals surface area (Å²) in [7, 11) is 0. The van der Waals surface area contributed by atoms with Gasteiger partial charge in [0.25, 0.3) is 0 Å². The molecule has 0 bridgehead atoms. The van der Waals surface area contributed by atoms with Gasteiger partial charge in [0.1, 0.15) is 0 Å². The smallest absolute Gasteiger partial charge is 0.0553 e. The Balaban J connectivity index is 4.25. The standard InChI is InChI=1S/C10H15Br2Cl3/c1-10(2,15)9(14)4-3-7(5-11)8(13)6-12/h9H,3-6H2,1-2H3/b8-7+. The molecular formula is C10H15Br2Cl3. The van der Waals surface area contributed by atoms with Gasteiger partial charge in [-0.25, -0.2) is 0 Å². The van der Waals surface area contributed by atoms with Crippen molar-refractivity contribution in [1.82, 2.24) is 0 Å². The van der Waals surface area contributed by atoms with Gasteiger partial charge in [0.15, 0.2) is 0 Å². The van der Waals surface area contributed by atoms with E-state index >= 15 is 0 Å². The molecule has 0 spiro atoms. The topological polar surface area (TPSA) is 0 Å². The Morgan fingerprint density at radius 1 is 1.27 bits per heavy atom. The number of halogens is 5. The van der Waals surface area contributed by atoms with Gasteiger partial charge in [0.2, 0.25) is 0 Å². The Morgan fingerprint density at radius 3 is 2.13 bits per heavy atom. The third kappa shape index (κ3) is 6.78. The summed E-state index contributed by atoms with van der Waals surface area (Å²) in [5.74, 6) is 0. The first kappa shape index (κ1) is 16.6. The summed E-state index contributed by atoms with van der Waals surface area (Å²) in [6.07, 6.45) is 1.71. The quantitative estimate of drug-likeness (QED) is 0.503. The zero-order valence-electron chi connectivity index (χ0n) is 8.80. The highest BCUT2D eigenvalue weighted by Crippen LogP contribution is 2.29. The molecule has 1 atom stereocenters. The predicted molar refractivity (Wildman–Crippen MR) is 79.3 cm³/mol. The molecule has 0 aromatic heterocycles. The van der Waals surface area contributed by atoms with Crippen LogP contribution in [0.15, 0.2) is 10.6 Å². The first-order valence-corrected chi connectivity index (χ1v) is 8.07. The van der Waals surface area contributed by atoms with Gasteiger partial charge in [-0.3, -0.25) is 0 Å². The number of hydrogen-bond acceptors (Lipinski definition) is 0. The minimum atomic E-state index is -0.375. The van der Waals surface area contributed by atoms with E-state index in [4.69, 9.17) is 34.8 Å². The summed E-state index contributed by atoms with van der Waals surface area (Å²) >= 11 is 25.1. The molecule has 0 rings (SSSR count). The summed E-state index contributed by atoms with van der Waals surface area (Å²) in [5.41, 5.74) is 1.18. The van der Waals surface area contributed by atoms with E-state index < -0.39 is 0 Å². The predicted octanol–water partition coefficient (Wildman–Crippen LogP) is 5.67. The Labute approximate surface area is 124 Å². The van der Waals surface area contributed by atoms with Crippen LogP contribution in [0.4, 0.5) is 0 Å². The van der Waals surface area contributed by atoms with Crippen LogP contribution in [-0.4, -0.2) is 20.9 Å². The first-order valence-electron chi connectivity index (χ1n) is 4.64. The lowest BCUT2D eigenvalue weighted by molar-refractivity contribution is 0.599. The Bertz CT molecular complexity index is 221. The molecule has 5 heteroatoms. The van der Waals surface area contributed by atoms with Crippen molar-refractivity contribution in [3.63, 3.8) is 0 Å².